The van der Waals surface area contributed by atoms with E-state index in [0.717, 1.165) is 0 Å². The summed E-state index contributed by atoms with van der Waals surface area (Å²) in [5.41, 5.74) is 12.7. The van der Waals surface area contributed by atoms with Crippen molar-refractivity contribution in [1.29, 1.82) is 0 Å². The minimum atomic E-state index is -0.0956. The first-order valence-electron chi connectivity index (χ1n) is 5.96. The fraction of sp³-hybridized carbons (Fsp3) is 0.385. The lowest BCUT2D eigenvalue weighted by molar-refractivity contribution is -0.122. The molecule has 0 saturated carbocycles. The minimum Gasteiger partial charge on any atom is -0.397 e. The van der Waals surface area contributed by atoms with Crippen molar-refractivity contribution in [2.24, 2.45) is 0 Å². The van der Waals surface area contributed by atoms with Crippen LogP contribution in [0.5, 0.6) is 0 Å². The van der Waals surface area contributed by atoms with Gasteiger partial charge in [0.25, 0.3) is 5.91 Å². The number of ketones is 1. The molecule has 1 aromatic carbocycles. The van der Waals surface area contributed by atoms with E-state index in [1.54, 1.807) is 23.1 Å². The highest BCUT2D eigenvalue weighted by molar-refractivity contribution is 5.97. The number of hydrogen-bond donors (Lipinski definition) is 2. The van der Waals surface area contributed by atoms with Crippen molar-refractivity contribution in [3.05, 3.63) is 23.8 Å². The fourth-order valence-electron chi connectivity index (χ4n) is 2.18. The van der Waals surface area contributed by atoms with Crippen LogP contribution in [-0.2, 0) is 4.79 Å². The summed E-state index contributed by atoms with van der Waals surface area (Å²) in [4.78, 5) is 25.3. The second kappa shape index (κ2) is 4.68. The van der Waals surface area contributed by atoms with Gasteiger partial charge in [-0.2, -0.15) is 0 Å². The summed E-state index contributed by atoms with van der Waals surface area (Å²) in [5.74, 6) is 0.116. The molecule has 0 radical (unpaired) electrons. The second-order valence-electron chi connectivity index (χ2n) is 4.68. The maximum Gasteiger partial charge on any atom is 0.254 e. The third-order valence-electron chi connectivity index (χ3n) is 3.28. The number of amides is 1. The average molecular weight is 247 g/mol. The first-order valence-corrected chi connectivity index (χ1v) is 5.96. The molecule has 1 aromatic rings. The zero-order valence-corrected chi connectivity index (χ0v) is 10.3. The van der Waals surface area contributed by atoms with Gasteiger partial charge in [-0.1, -0.05) is 0 Å². The van der Waals surface area contributed by atoms with E-state index in [4.69, 9.17) is 11.5 Å². The van der Waals surface area contributed by atoms with E-state index in [1.807, 2.05) is 6.92 Å². The Hall–Kier alpha value is -2.04. The maximum absolute atomic E-state index is 12.3. The zero-order chi connectivity index (χ0) is 13.3. The van der Waals surface area contributed by atoms with Crippen LogP contribution < -0.4 is 11.5 Å². The molecule has 1 fully saturated rings. The van der Waals surface area contributed by atoms with Crippen molar-refractivity contribution in [2.75, 3.05) is 18.0 Å². The van der Waals surface area contributed by atoms with Crippen molar-refractivity contribution in [1.82, 2.24) is 4.90 Å². The van der Waals surface area contributed by atoms with Gasteiger partial charge in [-0.05, 0) is 25.1 Å². The summed E-state index contributed by atoms with van der Waals surface area (Å²) >= 11 is 0. The Labute approximate surface area is 106 Å². The number of nitrogen functional groups attached to an aromatic ring is 2. The van der Waals surface area contributed by atoms with Crippen molar-refractivity contribution >= 4 is 23.1 Å². The molecule has 96 valence electrons. The number of carbonyl (C=O) groups is 2. The van der Waals surface area contributed by atoms with Crippen LogP contribution in [0.2, 0.25) is 0 Å². The van der Waals surface area contributed by atoms with Crippen molar-refractivity contribution in [3.8, 4) is 0 Å². The third kappa shape index (κ3) is 2.30. The first kappa shape index (κ1) is 12.4. The summed E-state index contributed by atoms with van der Waals surface area (Å²) < 4.78 is 0. The summed E-state index contributed by atoms with van der Waals surface area (Å²) in [5, 5.41) is 0. The Kier molecular flexibility index (Phi) is 3.23. The Morgan fingerprint density at radius 1 is 1.33 bits per heavy atom. The number of anilines is 2. The zero-order valence-electron chi connectivity index (χ0n) is 10.3. The van der Waals surface area contributed by atoms with Crippen LogP contribution in [0.1, 0.15) is 30.1 Å². The van der Waals surface area contributed by atoms with Crippen LogP contribution in [0.4, 0.5) is 11.4 Å². The topological polar surface area (TPSA) is 89.4 Å². The largest absolute Gasteiger partial charge is 0.397 e. The highest BCUT2D eigenvalue weighted by Gasteiger charge is 2.28. The molecule has 5 heteroatoms. The molecule has 4 N–H and O–H groups in total. The van der Waals surface area contributed by atoms with E-state index in [0.29, 0.717) is 36.3 Å². The summed E-state index contributed by atoms with van der Waals surface area (Å²) in [6.07, 6.45) is 0.858. The van der Waals surface area contributed by atoms with Gasteiger partial charge in [0.05, 0.1) is 11.4 Å². The number of likely N-dealkylation sites (tertiary alicyclic amines) is 1. The monoisotopic (exact) mass is 247 g/mol. The molecule has 1 saturated heterocycles. The number of carbonyl (C=O) groups excluding carboxylic acids is 2. The van der Waals surface area contributed by atoms with E-state index in [9.17, 15) is 9.59 Å². The Morgan fingerprint density at radius 2 is 2.06 bits per heavy atom. The van der Waals surface area contributed by atoms with Crippen LogP contribution >= 0.6 is 0 Å². The SMILES string of the molecule is C[C@H]1CC(=O)CCN1C(=O)c1ccc(N)c(N)c1. The molecular formula is C13H17N3O2. The predicted molar refractivity (Wildman–Crippen MR) is 70.0 cm³/mol. The number of nitrogens with two attached hydrogens (primary N) is 2. The summed E-state index contributed by atoms with van der Waals surface area (Å²) in [6, 6.07) is 4.82. The Morgan fingerprint density at radius 3 is 2.67 bits per heavy atom. The lowest BCUT2D eigenvalue weighted by Gasteiger charge is -2.32. The van der Waals surface area contributed by atoms with Gasteiger partial charge in [0.2, 0.25) is 0 Å². The number of Topliss-reactive ketones (excluding diaryl/α,β-unsaturated/α-hetero) is 1. The van der Waals surface area contributed by atoms with Crippen LogP contribution in [0.3, 0.4) is 0 Å². The molecule has 0 aromatic heterocycles. The number of nitrogens with zero attached hydrogens (tertiary/aromatic N) is 1. The highest BCUT2D eigenvalue weighted by Crippen LogP contribution is 2.21. The molecule has 5 nitrogen and oxygen atoms in total. The van der Waals surface area contributed by atoms with Gasteiger partial charge in [0.1, 0.15) is 5.78 Å². The van der Waals surface area contributed by atoms with E-state index in [1.165, 1.54) is 0 Å². The van der Waals surface area contributed by atoms with Gasteiger partial charge in [-0.3, -0.25) is 9.59 Å². The maximum atomic E-state index is 12.3. The van der Waals surface area contributed by atoms with Crippen molar-refractivity contribution in [2.45, 2.75) is 25.8 Å². The van der Waals surface area contributed by atoms with Crippen molar-refractivity contribution in [3.63, 3.8) is 0 Å². The second-order valence-corrected chi connectivity index (χ2v) is 4.68. The van der Waals surface area contributed by atoms with E-state index in [2.05, 4.69) is 0 Å². The number of hydrogen-bond acceptors (Lipinski definition) is 4. The first-order chi connectivity index (χ1) is 8.49. The van der Waals surface area contributed by atoms with E-state index < -0.39 is 0 Å². The molecular weight excluding hydrogens is 230 g/mol. The normalized spacial score (nSPS) is 19.9. The van der Waals surface area contributed by atoms with Gasteiger partial charge in [-0.15, -0.1) is 0 Å². The molecule has 0 unspecified atom stereocenters. The predicted octanol–water partition coefficient (Wildman–Crippen LogP) is 1.04. The van der Waals surface area contributed by atoms with Crippen LogP contribution in [-0.4, -0.2) is 29.2 Å². The third-order valence-corrected chi connectivity index (χ3v) is 3.28. The fourth-order valence-corrected chi connectivity index (χ4v) is 2.18. The highest BCUT2D eigenvalue weighted by atomic mass is 16.2. The van der Waals surface area contributed by atoms with Gasteiger partial charge in [0, 0.05) is 31.0 Å². The molecule has 0 bridgehead atoms. The van der Waals surface area contributed by atoms with Crippen LogP contribution in [0, 0.1) is 0 Å². The number of rotatable bonds is 1. The lowest BCUT2D eigenvalue weighted by atomic mass is 10.0. The van der Waals surface area contributed by atoms with Crippen molar-refractivity contribution < 1.29 is 9.59 Å². The minimum absolute atomic E-state index is 0.0578. The molecule has 1 heterocycles. The molecule has 1 aliphatic rings. The molecule has 1 amide bonds. The number of piperidine rings is 1. The molecule has 0 aliphatic carbocycles. The van der Waals surface area contributed by atoms with Crippen LogP contribution in [0.25, 0.3) is 0 Å². The number of benzene rings is 1. The molecule has 0 spiro atoms. The molecule has 1 atom stereocenters. The Bertz CT molecular complexity index is 499. The summed E-state index contributed by atoms with van der Waals surface area (Å²) in [6.45, 7) is 2.36. The molecule has 1 aliphatic heterocycles. The van der Waals surface area contributed by atoms with Gasteiger partial charge >= 0.3 is 0 Å². The Balaban J connectivity index is 2.20. The molecule has 18 heavy (non-hydrogen) atoms. The van der Waals surface area contributed by atoms with E-state index >= 15 is 0 Å². The summed E-state index contributed by atoms with van der Waals surface area (Å²) in [7, 11) is 0. The molecule has 2 rings (SSSR count). The van der Waals surface area contributed by atoms with Gasteiger partial charge < -0.3 is 16.4 Å². The van der Waals surface area contributed by atoms with Crippen LogP contribution in [0.15, 0.2) is 18.2 Å². The smallest absolute Gasteiger partial charge is 0.254 e. The quantitative estimate of drug-likeness (QED) is 0.726. The average Bonchev–Trinajstić information content (AvgIpc) is 2.32. The lowest BCUT2D eigenvalue weighted by Crippen LogP contribution is -2.44. The standard InChI is InChI=1S/C13H17N3O2/c1-8-6-10(17)4-5-16(8)13(18)9-2-3-11(14)12(15)7-9/h2-3,7-8H,4-6,14-15H2,1H3/t8-/m0/s1. The van der Waals surface area contributed by atoms with E-state index in [-0.39, 0.29) is 17.7 Å². The van der Waals surface area contributed by atoms with Gasteiger partial charge in [-0.25, -0.2) is 0 Å². The van der Waals surface area contributed by atoms with Gasteiger partial charge in [0.15, 0.2) is 0 Å².